The molecular formula is C12H24N2O4. The lowest BCUT2D eigenvalue weighted by Gasteiger charge is -2.06. The van der Waals surface area contributed by atoms with Gasteiger partial charge in [-0.2, -0.15) is 0 Å². The van der Waals surface area contributed by atoms with E-state index in [9.17, 15) is 9.59 Å². The summed E-state index contributed by atoms with van der Waals surface area (Å²) in [5, 5.41) is 5.14. The van der Waals surface area contributed by atoms with Gasteiger partial charge in [-0.15, -0.1) is 0 Å². The molecule has 0 bridgehead atoms. The van der Waals surface area contributed by atoms with Gasteiger partial charge in [0.15, 0.2) is 0 Å². The van der Waals surface area contributed by atoms with Crippen LogP contribution in [0.3, 0.4) is 0 Å². The highest BCUT2D eigenvalue weighted by molar-refractivity contribution is 5.83. The summed E-state index contributed by atoms with van der Waals surface area (Å²) in [5.41, 5.74) is 0. The summed E-state index contributed by atoms with van der Waals surface area (Å²) in [7, 11) is 1.55. The topological polar surface area (TPSA) is 76.7 Å². The minimum atomic E-state index is -0.135. The van der Waals surface area contributed by atoms with Crippen LogP contribution < -0.4 is 10.6 Å². The highest BCUT2D eigenvalue weighted by Crippen LogP contribution is 1.88. The second-order valence-corrected chi connectivity index (χ2v) is 3.75. The molecule has 0 aromatic rings. The molecule has 0 fully saturated rings. The highest BCUT2D eigenvalue weighted by Gasteiger charge is 2.04. The van der Waals surface area contributed by atoms with E-state index < -0.39 is 0 Å². The van der Waals surface area contributed by atoms with E-state index in [2.05, 4.69) is 17.6 Å². The van der Waals surface area contributed by atoms with Crippen LogP contribution in [0.15, 0.2) is 0 Å². The molecule has 0 spiro atoms. The molecule has 2 amide bonds. The third kappa shape index (κ3) is 11.3. The van der Waals surface area contributed by atoms with Crippen LogP contribution in [0.1, 0.15) is 26.2 Å². The summed E-state index contributed by atoms with van der Waals surface area (Å²) in [6.45, 7) is 4.84. The lowest BCUT2D eigenvalue weighted by atomic mass is 10.3. The maximum absolute atomic E-state index is 11.3. The molecule has 0 atom stereocenters. The maximum Gasteiger partial charge on any atom is 0.220 e. The minimum absolute atomic E-state index is 0.130. The zero-order chi connectivity index (χ0) is 13.6. The van der Waals surface area contributed by atoms with Crippen molar-refractivity contribution in [1.82, 2.24) is 10.6 Å². The van der Waals surface area contributed by atoms with E-state index in [1.807, 2.05) is 0 Å². The Morgan fingerprint density at radius 3 is 2.17 bits per heavy atom. The number of ether oxygens (including phenoxy) is 2. The fourth-order valence-corrected chi connectivity index (χ4v) is 1.17. The van der Waals surface area contributed by atoms with Gasteiger partial charge in [-0.3, -0.25) is 9.59 Å². The molecule has 2 N–H and O–H groups in total. The summed E-state index contributed by atoms with van der Waals surface area (Å²) in [6.07, 6.45) is 1.43. The van der Waals surface area contributed by atoms with Crippen molar-refractivity contribution in [3.63, 3.8) is 0 Å². The number of hydrogen-bond donors (Lipinski definition) is 2. The summed E-state index contributed by atoms with van der Waals surface area (Å²) >= 11 is 0. The number of carbonyl (C=O) groups excluding carboxylic acids is 2. The van der Waals surface area contributed by atoms with Gasteiger partial charge in [-0.1, -0.05) is 6.92 Å². The molecule has 0 rings (SSSR count). The van der Waals surface area contributed by atoms with E-state index in [4.69, 9.17) is 9.47 Å². The van der Waals surface area contributed by atoms with Crippen molar-refractivity contribution in [3.05, 3.63) is 0 Å². The molecule has 0 aromatic heterocycles. The van der Waals surface area contributed by atoms with E-state index >= 15 is 0 Å². The van der Waals surface area contributed by atoms with Gasteiger partial charge >= 0.3 is 0 Å². The Morgan fingerprint density at radius 2 is 1.56 bits per heavy atom. The molecule has 0 aliphatic rings. The van der Waals surface area contributed by atoms with Crippen LogP contribution in [0.25, 0.3) is 0 Å². The first-order valence-electron chi connectivity index (χ1n) is 6.33. The second-order valence-electron chi connectivity index (χ2n) is 3.75. The molecule has 0 saturated heterocycles. The fraction of sp³-hybridized carbons (Fsp3) is 0.833. The SMILES string of the molecule is CCCOCCOCCNC(=O)CCC(=O)NC. The molecular weight excluding hydrogens is 236 g/mol. The van der Waals surface area contributed by atoms with Crippen LogP contribution in [0, 0.1) is 0 Å². The van der Waals surface area contributed by atoms with Gasteiger partial charge in [0, 0.05) is 33.0 Å². The molecule has 6 heteroatoms. The first-order valence-corrected chi connectivity index (χ1v) is 6.33. The molecule has 0 heterocycles. The van der Waals surface area contributed by atoms with E-state index in [1.54, 1.807) is 7.05 Å². The van der Waals surface area contributed by atoms with Crippen LogP contribution in [0.2, 0.25) is 0 Å². The number of carbonyl (C=O) groups is 2. The molecule has 6 nitrogen and oxygen atoms in total. The van der Waals surface area contributed by atoms with Crippen LogP contribution in [-0.4, -0.2) is 51.8 Å². The smallest absolute Gasteiger partial charge is 0.220 e. The van der Waals surface area contributed by atoms with Crippen molar-refractivity contribution in [2.75, 3.05) is 40.0 Å². The second kappa shape index (κ2) is 12.3. The lowest BCUT2D eigenvalue weighted by Crippen LogP contribution is -2.29. The highest BCUT2D eigenvalue weighted by atomic mass is 16.5. The number of rotatable bonds is 11. The fourth-order valence-electron chi connectivity index (χ4n) is 1.17. The Hall–Kier alpha value is -1.14. The summed E-state index contributed by atoms with van der Waals surface area (Å²) in [6, 6.07) is 0. The van der Waals surface area contributed by atoms with E-state index in [-0.39, 0.29) is 24.7 Å². The monoisotopic (exact) mass is 260 g/mol. The Kier molecular flexibility index (Phi) is 11.5. The number of amides is 2. The summed E-state index contributed by atoms with van der Waals surface area (Å²) < 4.78 is 10.5. The van der Waals surface area contributed by atoms with Crippen molar-refractivity contribution < 1.29 is 19.1 Å². The van der Waals surface area contributed by atoms with Gasteiger partial charge in [-0.25, -0.2) is 0 Å². The molecule has 106 valence electrons. The maximum atomic E-state index is 11.3. The zero-order valence-corrected chi connectivity index (χ0v) is 11.3. The third-order valence-electron chi connectivity index (χ3n) is 2.15. The molecule has 18 heavy (non-hydrogen) atoms. The Balaban J connectivity index is 3.22. The van der Waals surface area contributed by atoms with Gasteiger partial charge in [0.1, 0.15) is 0 Å². The predicted octanol–water partition coefficient (Wildman–Crippen LogP) is 0.0720. The zero-order valence-electron chi connectivity index (χ0n) is 11.3. The molecule has 0 unspecified atom stereocenters. The van der Waals surface area contributed by atoms with Gasteiger partial charge in [-0.05, 0) is 6.42 Å². The van der Waals surface area contributed by atoms with E-state index in [1.165, 1.54) is 0 Å². The normalized spacial score (nSPS) is 10.1. The van der Waals surface area contributed by atoms with Crippen molar-refractivity contribution in [3.8, 4) is 0 Å². The predicted molar refractivity (Wildman–Crippen MR) is 68.2 cm³/mol. The molecule has 0 aliphatic carbocycles. The van der Waals surface area contributed by atoms with Gasteiger partial charge in [0.25, 0.3) is 0 Å². The van der Waals surface area contributed by atoms with E-state index in [0.717, 1.165) is 13.0 Å². The van der Waals surface area contributed by atoms with Crippen molar-refractivity contribution >= 4 is 11.8 Å². The quantitative estimate of drug-likeness (QED) is 0.516. The number of nitrogens with one attached hydrogen (secondary N) is 2. The van der Waals surface area contributed by atoms with Crippen LogP contribution in [0.5, 0.6) is 0 Å². The third-order valence-corrected chi connectivity index (χ3v) is 2.15. The van der Waals surface area contributed by atoms with Crippen LogP contribution in [0.4, 0.5) is 0 Å². The van der Waals surface area contributed by atoms with Crippen molar-refractivity contribution in [2.45, 2.75) is 26.2 Å². The summed E-state index contributed by atoms with van der Waals surface area (Å²) in [4.78, 5) is 22.2. The van der Waals surface area contributed by atoms with Gasteiger partial charge in [0.05, 0.1) is 19.8 Å². The largest absolute Gasteiger partial charge is 0.379 e. The van der Waals surface area contributed by atoms with Crippen LogP contribution >= 0.6 is 0 Å². The van der Waals surface area contributed by atoms with Gasteiger partial charge in [0.2, 0.25) is 11.8 Å². The van der Waals surface area contributed by atoms with Crippen molar-refractivity contribution in [1.29, 1.82) is 0 Å². The lowest BCUT2D eigenvalue weighted by molar-refractivity contribution is -0.126. The average Bonchev–Trinajstić information content (AvgIpc) is 2.39. The standard InChI is InChI=1S/C12H24N2O4/c1-3-7-17-9-10-18-8-6-14-12(16)5-4-11(15)13-2/h3-10H2,1-2H3,(H,13,15)(H,14,16). The van der Waals surface area contributed by atoms with Crippen LogP contribution in [-0.2, 0) is 19.1 Å². The molecule has 0 saturated carbocycles. The number of hydrogen-bond acceptors (Lipinski definition) is 4. The molecule has 0 aromatic carbocycles. The average molecular weight is 260 g/mol. The molecule has 0 aliphatic heterocycles. The first-order chi connectivity index (χ1) is 8.70. The van der Waals surface area contributed by atoms with Gasteiger partial charge < -0.3 is 20.1 Å². The Morgan fingerprint density at radius 1 is 0.944 bits per heavy atom. The van der Waals surface area contributed by atoms with Crippen molar-refractivity contribution in [2.24, 2.45) is 0 Å². The van der Waals surface area contributed by atoms with E-state index in [0.29, 0.717) is 26.4 Å². The Labute approximate surface area is 108 Å². The molecule has 0 radical (unpaired) electrons. The minimum Gasteiger partial charge on any atom is -0.379 e. The Bertz CT molecular complexity index is 234. The summed E-state index contributed by atoms with van der Waals surface area (Å²) in [5.74, 6) is -0.265. The first kappa shape index (κ1) is 16.9.